The monoisotopic (exact) mass is 391 g/mol. The van der Waals surface area contributed by atoms with Gasteiger partial charge in [0.05, 0.1) is 17.0 Å². The third kappa shape index (κ3) is 5.79. The van der Waals surface area contributed by atoms with Gasteiger partial charge >= 0.3 is 0 Å². The summed E-state index contributed by atoms with van der Waals surface area (Å²) in [5.41, 5.74) is 8.06. The molecule has 1 aliphatic heterocycles. The van der Waals surface area contributed by atoms with E-state index in [0.29, 0.717) is 18.0 Å². The van der Waals surface area contributed by atoms with Crippen LogP contribution in [0.4, 0.5) is 4.39 Å². The molecule has 1 unspecified atom stereocenters. The molecule has 0 bridgehead atoms. The second kappa shape index (κ2) is 9.18. The summed E-state index contributed by atoms with van der Waals surface area (Å²) in [5.74, 6) is 5.41. The highest BCUT2D eigenvalue weighted by molar-refractivity contribution is 6.14. The van der Waals surface area contributed by atoms with E-state index in [-0.39, 0.29) is 23.5 Å². The van der Waals surface area contributed by atoms with Crippen molar-refractivity contribution in [3.63, 3.8) is 0 Å². The summed E-state index contributed by atoms with van der Waals surface area (Å²) in [6.45, 7) is 10.2. The van der Waals surface area contributed by atoms with E-state index in [1.807, 2.05) is 34.6 Å². The maximum atomic E-state index is 14.7. The fourth-order valence-corrected chi connectivity index (χ4v) is 2.50. The average molecular weight is 391 g/mol. The number of aliphatic hydroxyl groups excluding tert-OH is 1. The standard InChI is InChI=1S/C20H30FN5O2/c1-12(2)15-9-16(24-22)19(26-25-15)18-14(21)7-6-8-17(18)28-11-13(27)10-23-20(3,4)5/h6-9,13,23-25,27H,10-11,22H2,1-5H3. The molecule has 1 aliphatic rings. The first-order valence-electron chi connectivity index (χ1n) is 9.17. The van der Waals surface area contributed by atoms with Crippen molar-refractivity contribution in [1.82, 2.24) is 16.2 Å². The Labute approximate surface area is 165 Å². The zero-order valence-electron chi connectivity index (χ0n) is 17.1. The number of nitrogens with one attached hydrogen (secondary N) is 3. The molecule has 2 rings (SSSR count). The van der Waals surface area contributed by atoms with E-state index >= 15 is 0 Å². The van der Waals surface area contributed by atoms with Gasteiger partial charge in [0, 0.05) is 12.1 Å². The normalized spacial score (nSPS) is 15.4. The molecule has 0 aliphatic carbocycles. The molecule has 1 aromatic rings. The molecule has 0 radical (unpaired) electrons. The van der Waals surface area contributed by atoms with E-state index in [1.165, 1.54) is 6.07 Å². The number of nitrogens with zero attached hydrogens (tertiary/aromatic N) is 1. The topological polar surface area (TPSA) is 104 Å². The highest BCUT2D eigenvalue weighted by atomic mass is 19.1. The first-order chi connectivity index (χ1) is 13.1. The van der Waals surface area contributed by atoms with E-state index in [9.17, 15) is 9.50 Å². The third-order valence-electron chi connectivity index (χ3n) is 4.04. The quantitative estimate of drug-likeness (QED) is 0.359. The van der Waals surface area contributed by atoms with Crippen molar-refractivity contribution in [1.29, 1.82) is 0 Å². The number of β-amino-alcohol motifs (C(OH)–C–C–N with tert-alkyl or cyclic N) is 1. The summed E-state index contributed by atoms with van der Waals surface area (Å²) in [7, 11) is 0. The number of rotatable bonds is 7. The minimum atomic E-state index is -0.748. The van der Waals surface area contributed by atoms with Crippen LogP contribution in [0.5, 0.6) is 5.75 Å². The van der Waals surface area contributed by atoms with Gasteiger partial charge in [-0.15, -0.1) is 0 Å². The molecule has 8 heteroatoms. The van der Waals surface area contributed by atoms with Crippen LogP contribution in [0.25, 0.3) is 0 Å². The van der Waals surface area contributed by atoms with Crippen LogP contribution in [0.3, 0.4) is 0 Å². The summed E-state index contributed by atoms with van der Waals surface area (Å²) < 4.78 is 20.4. The Kier molecular flexibility index (Phi) is 7.17. The van der Waals surface area contributed by atoms with Crippen LogP contribution in [-0.4, -0.2) is 35.6 Å². The number of allylic oxidation sites excluding steroid dienone is 3. The first kappa shape index (κ1) is 21.9. The zero-order valence-corrected chi connectivity index (χ0v) is 17.1. The molecule has 0 amide bonds. The SMILES string of the molecule is CC(C)=C1C=C(NN)C(c2c(F)cccc2OCC(O)CNC(C)(C)C)=NN1. The van der Waals surface area contributed by atoms with Crippen LogP contribution >= 0.6 is 0 Å². The Morgan fingerprint density at radius 2 is 2.07 bits per heavy atom. The van der Waals surface area contributed by atoms with Crippen LogP contribution < -0.4 is 26.7 Å². The second-order valence-corrected chi connectivity index (χ2v) is 7.90. The molecular formula is C20H30FN5O2. The molecule has 1 heterocycles. The Balaban J connectivity index is 2.23. The van der Waals surface area contributed by atoms with Crippen LogP contribution in [0.1, 0.15) is 40.2 Å². The van der Waals surface area contributed by atoms with Gasteiger partial charge in [0.2, 0.25) is 0 Å². The van der Waals surface area contributed by atoms with Crippen molar-refractivity contribution in [2.45, 2.75) is 46.3 Å². The van der Waals surface area contributed by atoms with Crippen LogP contribution in [-0.2, 0) is 0 Å². The lowest BCUT2D eigenvalue weighted by Crippen LogP contribution is -2.42. The lowest BCUT2D eigenvalue weighted by Gasteiger charge is -2.24. The Bertz CT molecular complexity index is 792. The minimum Gasteiger partial charge on any atom is -0.490 e. The molecule has 6 N–H and O–H groups in total. The minimum absolute atomic E-state index is 0.00850. The number of hydrazine groups is 1. The van der Waals surface area contributed by atoms with E-state index < -0.39 is 11.9 Å². The summed E-state index contributed by atoms with van der Waals surface area (Å²) in [4.78, 5) is 0. The molecule has 1 aromatic carbocycles. The fraction of sp³-hybridized carbons (Fsp3) is 0.450. The lowest BCUT2D eigenvalue weighted by atomic mass is 10.0. The van der Waals surface area contributed by atoms with Gasteiger partial charge in [0.15, 0.2) is 0 Å². The van der Waals surface area contributed by atoms with E-state index in [2.05, 4.69) is 21.3 Å². The Hall–Kier alpha value is -2.42. The second-order valence-electron chi connectivity index (χ2n) is 7.90. The number of nitrogens with two attached hydrogens (primary N) is 1. The predicted octanol–water partition coefficient (Wildman–Crippen LogP) is 1.90. The summed E-state index contributed by atoms with van der Waals surface area (Å²) in [6.07, 6.45) is 1.01. The number of ether oxygens (including phenoxy) is 1. The lowest BCUT2D eigenvalue weighted by molar-refractivity contribution is 0.0998. The van der Waals surface area contributed by atoms with E-state index in [4.69, 9.17) is 10.6 Å². The highest BCUT2D eigenvalue weighted by Gasteiger charge is 2.23. The molecule has 0 spiro atoms. The van der Waals surface area contributed by atoms with Crippen LogP contribution in [0, 0.1) is 5.82 Å². The molecule has 154 valence electrons. The molecule has 28 heavy (non-hydrogen) atoms. The number of benzene rings is 1. The smallest absolute Gasteiger partial charge is 0.136 e. The van der Waals surface area contributed by atoms with Crippen molar-refractivity contribution in [2.75, 3.05) is 13.2 Å². The molecule has 1 atom stereocenters. The van der Waals surface area contributed by atoms with Crippen LogP contribution in [0.15, 0.2) is 46.3 Å². The summed E-state index contributed by atoms with van der Waals surface area (Å²) in [6, 6.07) is 4.51. The van der Waals surface area contributed by atoms with Crippen molar-refractivity contribution >= 4 is 5.71 Å². The molecule has 0 saturated heterocycles. The summed E-state index contributed by atoms with van der Waals surface area (Å²) >= 11 is 0. The molecule has 0 saturated carbocycles. The number of hydrogen-bond acceptors (Lipinski definition) is 7. The number of halogens is 1. The zero-order chi connectivity index (χ0) is 20.9. The van der Waals surface area contributed by atoms with Crippen LogP contribution in [0.2, 0.25) is 0 Å². The summed E-state index contributed by atoms with van der Waals surface area (Å²) in [5, 5.41) is 17.6. The molecule has 7 nitrogen and oxygen atoms in total. The van der Waals surface area contributed by atoms with Crippen molar-refractivity contribution in [3.8, 4) is 5.75 Å². The Morgan fingerprint density at radius 3 is 2.68 bits per heavy atom. The number of hydrogen-bond donors (Lipinski definition) is 5. The molecular weight excluding hydrogens is 361 g/mol. The van der Waals surface area contributed by atoms with Crippen molar-refractivity contribution < 1.29 is 14.2 Å². The largest absolute Gasteiger partial charge is 0.490 e. The number of aliphatic hydroxyl groups is 1. The average Bonchev–Trinajstić information content (AvgIpc) is 2.63. The maximum absolute atomic E-state index is 14.7. The predicted molar refractivity (Wildman–Crippen MR) is 109 cm³/mol. The van der Waals surface area contributed by atoms with E-state index in [0.717, 1.165) is 11.3 Å². The van der Waals surface area contributed by atoms with Crippen molar-refractivity contribution in [2.24, 2.45) is 10.9 Å². The Morgan fingerprint density at radius 1 is 1.36 bits per heavy atom. The number of hydrazone groups is 1. The van der Waals surface area contributed by atoms with Crippen molar-refractivity contribution in [3.05, 3.63) is 52.6 Å². The van der Waals surface area contributed by atoms with Gasteiger partial charge < -0.3 is 20.6 Å². The van der Waals surface area contributed by atoms with Gasteiger partial charge in [-0.25, -0.2) is 4.39 Å². The third-order valence-corrected chi connectivity index (χ3v) is 4.04. The van der Waals surface area contributed by atoms with Gasteiger partial charge in [0.25, 0.3) is 0 Å². The van der Waals surface area contributed by atoms with Gasteiger partial charge in [-0.05, 0) is 52.8 Å². The van der Waals surface area contributed by atoms with Gasteiger partial charge in [-0.3, -0.25) is 11.3 Å². The van der Waals surface area contributed by atoms with Gasteiger partial charge in [0.1, 0.15) is 30.0 Å². The maximum Gasteiger partial charge on any atom is 0.136 e. The van der Waals surface area contributed by atoms with Gasteiger partial charge in [-0.1, -0.05) is 11.6 Å². The molecule has 0 aromatic heterocycles. The first-order valence-corrected chi connectivity index (χ1v) is 9.17. The highest BCUT2D eigenvalue weighted by Crippen LogP contribution is 2.26. The van der Waals surface area contributed by atoms with Gasteiger partial charge in [-0.2, -0.15) is 5.10 Å². The fourth-order valence-electron chi connectivity index (χ4n) is 2.50. The van der Waals surface area contributed by atoms with E-state index in [1.54, 1.807) is 18.2 Å². The molecule has 0 fully saturated rings.